The normalized spacial score (nSPS) is 12.4. The summed E-state index contributed by atoms with van der Waals surface area (Å²) < 4.78 is 39.4. The topological polar surface area (TPSA) is 79.3 Å². The van der Waals surface area contributed by atoms with Crippen molar-refractivity contribution >= 4 is 22.8 Å². The highest BCUT2D eigenvalue weighted by Crippen LogP contribution is 2.35. The average molecular weight is 515 g/mol. The zero-order chi connectivity index (χ0) is 26.8. The van der Waals surface area contributed by atoms with Crippen molar-refractivity contribution in [1.82, 2.24) is 10.3 Å². The first kappa shape index (κ1) is 28.2. The number of fused-ring (bicyclic) bond motifs is 1. The van der Waals surface area contributed by atoms with Crippen LogP contribution >= 0.6 is 0 Å². The maximum absolute atomic E-state index is 13.1. The molecule has 0 radical (unpaired) electrons. The number of carbonyl (C=O) groups excluding carboxylic acids is 1. The molecule has 1 heterocycles. The van der Waals surface area contributed by atoms with Crippen molar-refractivity contribution in [3.63, 3.8) is 0 Å². The number of unbranched alkanes of at least 4 members (excludes halogenated alkanes) is 3. The zero-order valence-electron chi connectivity index (χ0n) is 21.0. The van der Waals surface area contributed by atoms with E-state index in [0.29, 0.717) is 11.1 Å². The molecule has 0 saturated heterocycles. The van der Waals surface area contributed by atoms with Crippen molar-refractivity contribution in [3.05, 3.63) is 77.0 Å². The molecule has 0 aliphatic carbocycles. The third kappa shape index (κ3) is 8.88. The fourth-order valence-corrected chi connectivity index (χ4v) is 4.36. The summed E-state index contributed by atoms with van der Waals surface area (Å²) in [7, 11) is 0. The lowest BCUT2D eigenvalue weighted by atomic mass is 9.86. The van der Waals surface area contributed by atoms with E-state index in [1.165, 1.54) is 19.3 Å². The number of carboxylic acid groups (broad SMARTS) is 1. The number of carboxylic acids is 1. The van der Waals surface area contributed by atoms with E-state index in [1.54, 1.807) is 24.3 Å². The summed E-state index contributed by atoms with van der Waals surface area (Å²) in [5.41, 5.74) is 3.58. The molecule has 1 unspecified atom stereocenters. The number of aliphatic carboxylic acids is 1. The van der Waals surface area contributed by atoms with E-state index in [4.69, 9.17) is 10.1 Å². The lowest BCUT2D eigenvalue weighted by Crippen LogP contribution is -2.25. The SMILES string of the molecule is CCCCCCc1ccc2cc(C(CCC(F)(F)F)c3ccc(C(=O)NCCC(=O)O)cc3)ccc2n1. The molecule has 8 heteroatoms. The Labute approximate surface area is 215 Å². The van der Waals surface area contributed by atoms with E-state index >= 15 is 0 Å². The number of alkyl halides is 3. The van der Waals surface area contributed by atoms with Crippen LogP contribution in [0.5, 0.6) is 0 Å². The van der Waals surface area contributed by atoms with E-state index in [2.05, 4.69) is 12.2 Å². The maximum atomic E-state index is 13.1. The number of amides is 1. The van der Waals surface area contributed by atoms with Crippen LogP contribution < -0.4 is 5.32 Å². The van der Waals surface area contributed by atoms with Gasteiger partial charge in [0, 0.05) is 35.5 Å². The first-order chi connectivity index (χ1) is 17.7. The van der Waals surface area contributed by atoms with Crippen LogP contribution in [0, 0.1) is 0 Å². The number of nitrogens with one attached hydrogen (secondary N) is 1. The quantitative estimate of drug-likeness (QED) is 0.240. The summed E-state index contributed by atoms with van der Waals surface area (Å²) in [6.07, 6.45) is -0.00471. The molecular formula is C29H33F3N2O3. The summed E-state index contributed by atoms with van der Waals surface area (Å²) in [5, 5.41) is 12.1. The average Bonchev–Trinajstić information content (AvgIpc) is 2.86. The van der Waals surface area contributed by atoms with E-state index in [1.807, 2.05) is 30.3 Å². The van der Waals surface area contributed by atoms with Crippen molar-refractivity contribution < 1.29 is 27.9 Å². The van der Waals surface area contributed by atoms with Crippen LogP contribution in [-0.4, -0.2) is 34.7 Å². The molecule has 0 bridgehead atoms. The van der Waals surface area contributed by atoms with Gasteiger partial charge >= 0.3 is 12.1 Å². The number of hydrogen-bond acceptors (Lipinski definition) is 3. The summed E-state index contributed by atoms with van der Waals surface area (Å²) >= 11 is 0. The summed E-state index contributed by atoms with van der Waals surface area (Å²) in [6.45, 7) is 2.17. The van der Waals surface area contributed by atoms with Gasteiger partial charge in [0.1, 0.15) is 0 Å². The monoisotopic (exact) mass is 514 g/mol. The molecule has 1 amide bonds. The van der Waals surface area contributed by atoms with Gasteiger partial charge in [-0.3, -0.25) is 14.6 Å². The zero-order valence-corrected chi connectivity index (χ0v) is 21.0. The number of halogens is 3. The summed E-state index contributed by atoms with van der Waals surface area (Å²) in [5.74, 6) is -1.96. The summed E-state index contributed by atoms with van der Waals surface area (Å²) in [4.78, 5) is 27.6. The number of aromatic nitrogens is 1. The Balaban J connectivity index is 1.81. The van der Waals surface area contributed by atoms with Gasteiger partial charge in [-0.2, -0.15) is 13.2 Å². The van der Waals surface area contributed by atoms with Gasteiger partial charge in [-0.1, -0.05) is 50.5 Å². The van der Waals surface area contributed by atoms with Crippen molar-refractivity contribution in [1.29, 1.82) is 0 Å². The number of hydrogen-bond donors (Lipinski definition) is 2. The number of rotatable bonds is 13. The highest BCUT2D eigenvalue weighted by molar-refractivity contribution is 5.94. The first-order valence-corrected chi connectivity index (χ1v) is 12.7. The fourth-order valence-electron chi connectivity index (χ4n) is 4.36. The van der Waals surface area contributed by atoms with E-state index in [9.17, 15) is 22.8 Å². The molecule has 5 nitrogen and oxygen atoms in total. The van der Waals surface area contributed by atoms with Crippen LogP contribution in [0.25, 0.3) is 10.9 Å². The number of aryl methyl sites for hydroxylation is 1. The number of nitrogens with zero attached hydrogens (tertiary/aromatic N) is 1. The minimum Gasteiger partial charge on any atom is -0.481 e. The minimum absolute atomic E-state index is 0.00426. The van der Waals surface area contributed by atoms with Crippen LogP contribution in [0.3, 0.4) is 0 Å². The van der Waals surface area contributed by atoms with Gasteiger partial charge in [-0.25, -0.2) is 0 Å². The molecular weight excluding hydrogens is 481 g/mol. The molecule has 0 fully saturated rings. The van der Waals surface area contributed by atoms with Gasteiger partial charge in [-0.15, -0.1) is 0 Å². The second-order valence-corrected chi connectivity index (χ2v) is 9.29. The van der Waals surface area contributed by atoms with E-state index < -0.39 is 30.4 Å². The molecule has 2 aromatic carbocycles. The molecule has 1 aromatic heterocycles. The van der Waals surface area contributed by atoms with Gasteiger partial charge in [0.15, 0.2) is 0 Å². The Bertz CT molecular complexity index is 1190. The second-order valence-electron chi connectivity index (χ2n) is 9.29. The number of carbonyl (C=O) groups is 2. The van der Waals surface area contributed by atoms with E-state index in [0.717, 1.165) is 35.0 Å². The molecule has 0 aliphatic heterocycles. The van der Waals surface area contributed by atoms with Gasteiger partial charge in [0.05, 0.1) is 11.9 Å². The molecule has 3 aromatic rings. The van der Waals surface area contributed by atoms with Crippen LogP contribution in [0.4, 0.5) is 13.2 Å². The highest BCUT2D eigenvalue weighted by atomic mass is 19.4. The van der Waals surface area contributed by atoms with Crippen LogP contribution in [0.1, 0.15) is 85.0 Å². The first-order valence-electron chi connectivity index (χ1n) is 12.7. The molecule has 1 atom stereocenters. The lowest BCUT2D eigenvalue weighted by Gasteiger charge is -2.20. The van der Waals surface area contributed by atoms with Crippen molar-refractivity contribution in [2.75, 3.05) is 6.54 Å². The van der Waals surface area contributed by atoms with Crippen molar-refractivity contribution in [2.45, 2.75) is 70.4 Å². The Morgan fingerprint density at radius 1 is 0.973 bits per heavy atom. The molecule has 0 aliphatic rings. The second kappa shape index (κ2) is 13.2. The molecule has 37 heavy (non-hydrogen) atoms. The smallest absolute Gasteiger partial charge is 0.389 e. The highest BCUT2D eigenvalue weighted by Gasteiger charge is 2.29. The Morgan fingerprint density at radius 3 is 2.38 bits per heavy atom. The van der Waals surface area contributed by atoms with Gasteiger partial charge in [0.25, 0.3) is 5.91 Å². The predicted octanol–water partition coefficient (Wildman–Crippen LogP) is 7.04. The standard InChI is InChI=1S/C29H33F3N2O3/c1-2-3-4-5-6-24-13-11-23-19-22(12-14-26(23)34-24)25(15-17-29(30,31)32)20-7-9-21(10-8-20)28(37)33-18-16-27(35)36/h7-14,19,25H,2-6,15-18H2,1H3,(H,33,37)(H,35,36). The third-order valence-electron chi connectivity index (χ3n) is 6.38. The molecule has 3 rings (SSSR count). The number of benzene rings is 2. The molecule has 0 saturated carbocycles. The maximum Gasteiger partial charge on any atom is 0.389 e. The number of pyridine rings is 1. The minimum atomic E-state index is -4.28. The van der Waals surface area contributed by atoms with E-state index in [-0.39, 0.29) is 19.4 Å². The molecule has 198 valence electrons. The van der Waals surface area contributed by atoms with Gasteiger partial charge in [-0.05, 0) is 60.7 Å². The Morgan fingerprint density at radius 2 is 1.70 bits per heavy atom. The summed E-state index contributed by atoms with van der Waals surface area (Å²) in [6, 6.07) is 16.0. The van der Waals surface area contributed by atoms with Gasteiger partial charge in [0.2, 0.25) is 0 Å². The molecule has 0 spiro atoms. The van der Waals surface area contributed by atoms with Crippen molar-refractivity contribution in [2.24, 2.45) is 0 Å². The van der Waals surface area contributed by atoms with Crippen LogP contribution in [0.2, 0.25) is 0 Å². The fraction of sp³-hybridized carbons (Fsp3) is 0.414. The largest absolute Gasteiger partial charge is 0.481 e. The van der Waals surface area contributed by atoms with Crippen LogP contribution in [-0.2, 0) is 11.2 Å². The third-order valence-corrected chi connectivity index (χ3v) is 6.38. The van der Waals surface area contributed by atoms with Gasteiger partial charge < -0.3 is 10.4 Å². The Kier molecular flexibility index (Phi) is 10.1. The Hall–Kier alpha value is -3.42. The lowest BCUT2D eigenvalue weighted by molar-refractivity contribution is -0.137. The van der Waals surface area contributed by atoms with Crippen molar-refractivity contribution in [3.8, 4) is 0 Å². The molecule has 2 N–H and O–H groups in total. The predicted molar refractivity (Wildman–Crippen MR) is 138 cm³/mol. The van der Waals surface area contributed by atoms with Crippen LogP contribution in [0.15, 0.2) is 54.6 Å².